The topological polar surface area (TPSA) is 97.0 Å². The van der Waals surface area contributed by atoms with Crippen LogP contribution in [-0.2, 0) is 4.74 Å². The maximum Gasteiger partial charge on any atom is 0.137 e. The number of aliphatic hydroxyl groups excluding tert-OH is 3. The van der Waals surface area contributed by atoms with Crippen LogP contribution < -0.4 is 4.74 Å². The Morgan fingerprint density at radius 2 is 1.85 bits per heavy atom. The molecule has 1 aromatic heterocycles. The second-order valence-corrected chi connectivity index (χ2v) is 8.21. The average Bonchev–Trinajstić information content (AvgIpc) is 3.32. The molecule has 0 radical (unpaired) electrons. The number of hydrogen-bond donors (Lipinski definition) is 3. The molecule has 7 heteroatoms. The van der Waals surface area contributed by atoms with E-state index in [1.165, 1.54) is 0 Å². The Balaban J connectivity index is 1.41. The third-order valence-corrected chi connectivity index (χ3v) is 5.78. The molecule has 0 spiro atoms. The van der Waals surface area contributed by atoms with Crippen molar-refractivity contribution in [2.45, 2.75) is 37.7 Å². The summed E-state index contributed by atoms with van der Waals surface area (Å²) in [6, 6.07) is 15.7. The Morgan fingerprint density at radius 1 is 1.15 bits per heavy atom. The van der Waals surface area contributed by atoms with E-state index in [0.29, 0.717) is 25.5 Å². The molecule has 4 rings (SSSR count). The summed E-state index contributed by atoms with van der Waals surface area (Å²) < 4.78 is 12.9. The first-order valence-electron chi connectivity index (χ1n) is 11.2. The van der Waals surface area contributed by atoms with Gasteiger partial charge in [0.15, 0.2) is 0 Å². The Hall–Kier alpha value is -2.97. The van der Waals surface area contributed by atoms with Crippen molar-refractivity contribution in [3.63, 3.8) is 0 Å². The fourth-order valence-electron chi connectivity index (χ4n) is 3.92. The summed E-state index contributed by atoms with van der Waals surface area (Å²) in [5.74, 6) is 1.25. The SMILES string of the molecule is CC(O)c1nccn1C(/C=C/c1ccc(-c2ccc(OC3CCOCC3O)cc2)cc1)CO. The average molecular weight is 451 g/mol. The van der Waals surface area contributed by atoms with Crippen LogP contribution >= 0.6 is 0 Å². The van der Waals surface area contributed by atoms with Gasteiger partial charge in [0.2, 0.25) is 0 Å². The van der Waals surface area contributed by atoms with E-state index in [0.717, 1.165) is 22.4 Å². The molecule has 0 aliphatic carbocycles. The lowest BCUT2D eigenvalue weighted by molar-refractivity contribution is -0.0750. The van der Waals surface area contributed by atoms with Crippen molar-refractivity contribution < 1.29 is 24.8 Å². The number of imidazole rings is 1. The van der Waals surface area contributed by atoms with E-state index < -0.39 is 12.2 Å². The molecule has 2 aromatic carbocycles. The van der Waals surface area contributed by atoms with E-state index in [2.05, 4.69) is 4.98 Å². The number of hydrogen-bond acceptors (Lipinski definition) is 6. The van der Waals surface area contributed by atoms with Gasteiger partial charge in [0.25, 0.3) is 0 Å². The van der Waals surface area contributed by atoms with Gasteiger partial charge in [-0.1, -0.05) is 48.6 Å². The number of rotatable bonds is 8. The van der Waals surface area contributed by atoms with Crippen LogP contribution in [0.25, 0.3) is 17.2 Å². The van der Waals surface area contributed by atoms with Crippen LogP contribution in [0.4, 0.5) is 0 Å². The van der Waals surface area contributed by atoms with Crippen molar-refractivity contribution in [3.05, 3.63) is 78.4 Å². The van der Waals surface area contributed by atoms with Crippen molar-refractivity contribution in [1.29, 1.82) is 0 Å². The molecule has 0 amide bonds. The molecule has 174 valence electrons. The lowest BCUT2D eigenvalue weighted by atomic mass is 10.0. The quantitative estimate of drug-likeness (QED) is 0.487. The van der Waals surface area contributed by atoms with Crippen LogP contribution in [0.3, 0.4) is 0 Å². The number of aromatic nitrogens is 2. The Morgan fingerprint density at radius 3 is 2.48 bits per heavy atom. The van der Waals surface area contributed by atoms with Crippen LogP contribution in [-0.4, -0.2) is 56.9 Å². The number of benzene rings is 2. The summed E-state index contributed by atoms with van der Waals surface area (Å²) in [6.07, 6.45) is 6.36. The summed E-state index contributed by atoms with van der Waals surface area (Å²) in [5.41, 5.74) is 3.15. The van der Waals surface area contributed by atoms with Gasteiger partial charge in [0.1, 0.15) is 29.9 Å². The fraction of sp³-hybridized carbons (Fsp3) is 0.346. The van der Waals surface area contributed by atoms with Gasteiger partial charge in [0.05, 0.1) is 25.9 Å². The maximum absolute atomic E-state index is 9.99. The molecular formula is C26H30N2O5. The predicted octanol–water partition coefficient (Wildman–Crippen LogP) is 3.38. The lowest BCUT2D eigenvalue weighted by Crippen LogP contribution is -2.40. The molecule has 4 atom stereocenters. The van der Waals surface area contributed by atoms with Crippen LogP contribution in [0.1, 0.15) is 36.9 Å². The van der Waals surface area contributed by atoms with Crippen molar-refractivity contribution in [2.24, 2.45) is 0 Å². The number of ether oxygens (including phenoxy) is 2. The summed E-state index contributed by atoms with van der Waals surface area (Å²) >= 11 is 0. The standard InChI is InChI=1S/C26H30N2O5/c1-18(30)26-27-13-14-28(26)22(16-29)9-4-19-2-5-20(6-3-19)21-7-10-23(11-8-21)33-25-12-15-32-17-24(25)31/h2-11,13-14,18,22,24-25,29-31H,12,15-17H2,1H3/b9-4+. The predicted molar refractivity (Wildman–Crippen MR) is 126 cm³/mol. The highest BCUT2D eigenvalue weighted by molar-refractivity contribution is 5.66. The third-order valence-electron chi connectivity index (χ3n) is 5.78. The highest BCUT2D eigenvalue weighted by atomic mass is 16.5. The summed E-state index contributed by atoms with van der Waals surface area (Å²) in [5, 5.41) is 29.7. The van der Waals surface area contributed by atoms with Gasteiger partial charge in [-0.05, 0) is 35.7 Å². The second-order valence-electron chi connectivity index (χ2n) is 8.21. The first-order chi connectivity index (χ1) is 16.0. The van der Waals surface area contributed by atoms with Crippen LogP contribution in [0.2, 0.25) is 0 Å². The number of nitrogens with zero attached hydrogens (tertiary/aromatic N) is 2. The first kappa shape index (κ1) is 23.2. The van der Waals surface area contributed by atoms with Gasteiger partial charge in [0, 0.05) is 18.8 Å². The summed E-state index contributed by atoms with van der Waals surface area (Å²) in [6.45, 7) is 2.48. The van der Waals surface area contributed by atoms with Crippen molar-refractivity contribution >= 4 is 6.08 Å². The van der Waals surface area contributed by atoms with Crippen molar-refractivity contribution in [2.75, 3.05) is 19.8 Å². The van der Waals surface area contributed by atoms with Crippen LogP contribution in [0, 0.1) is 0 Å². The number of aliphatic hydroxyl groups is 3. The normalized spacial score (nSPS) is 20.6. The minimum absolute atomic E-state index is 0.0933. The monoisotopic (exact) mass is 450 g/mol. The van der Waals surface area contributed by atoms with Gasteiger partial charge in [-0.2, -0.15) is 0 Å². The molecule has 1 saturated heterocycles. The molecule has 4 unspecified atom stereocenters. The lowest BCUT2D eigenvalue weighted by Gasteiger charge is -2.28. The van der Waals surface area contributed by atoms with E-state index in [1.54, 1.807) is 23.9 Å². The maximum atomic E-state index is 9.99. The van der Waals surface area contributed by atoms with E-state index in [1.807, 2.05) is 60.7 Å². The molecule has 7 nitrogen and oxygen atoms in total. The molecule has 1 fully saturated rings. The zero-order valence-corrected chi connectivity index (χ0v) is 18.6. The second kappa shape index (κ2) is 10.8. The van der Waals surface area contributed by atoms with Crippen LogP contribution in [0.15, 0.2) is 67.0 Å². The molecule has 0 bridgehead atoms. The van der Waals surface area contributed by atoms with Gasteiger partial charge < -0.3 is 29.4 Å². The zero-order chi connectivity index (χ0) is 23.2. The Kier molecular flexibility index (Phi) is 7.57. The molecule has 3 aromatic rings. The molecule has 1 aliphatic rings. The first-order valence-corrected chi connectivity index (χ1v) is 11.2. The summed E-state index contributed by atoms with van der Waals surface area (Å²) in [7, 11) is 0. The van der Waals surface area contributed by atoms with Crippen molar-refractivity contribution in [1.82, 2.24) is 9.55 Å². The molecular weight excluding hydrogens is 420 g/mol. The Labute approximate surface area is 193 Å². The zero-order valence-electron chi connectivity index (χ0n) is 18.6. The fourth-order valence-corrected chi connectivity index (χ4v) is 3.92. The van der Waals surface area contributed by atoms with Gasteiger partial charge in [-0.15, -0.1) is 0 Å². The molecule has 0 saturated carbocycles. The van der Waals surface area contributed by atoms with E-state index in [9.17, 15) is 15.3 Å². The van der Waals surface area contributed by atoms with Gasteiger partial charge >= 0.3 is 0 Å². The Bertz CT molecular complexity index is 1040. The van der Waals surface area contributed by atoms with Crippen LogP contribution in [0.5, 0.6) is 5.75 Å². The molecule has 33 heavy (non-hydrogen) atoms. The molecule has 2 heterocycles. The smallest absolute Gasteiger partial charge is 0.137 e. The largest absolute Gasteiger partial charge is 0.488 e. The van der Waals surface area contributed by atoms with E-state index >= 15 is 0 Å². The minimum Gasteiger partial charge on any atom is -0.488 e. The van der Waals surface area contributed by atoms with Gasteiger partial charge in [-0.25, -0.2) is 4.98 Å². The highest BCUT2D eigenvalue weighted by Crippen LogP contribution is 2.25. The van der Waals surface area contributed by atoms with Gasteiger partial charge in [-0.3, -0.25) is 0 Å². The van der Waals surface area contributed by atoms with E-state index in [4.69, 9.17) is 9.47 Å². The van der Waals surface area contributed by atoms with Crippen molar-refractivity contribution in [3.8, 4) is 16.9 Å². The van der Waals surface area contributed by atoms with E-state index in [-0.39, 0.29) is 18.8 Å². The molecule has 3 N–H and O–H groups in total. The highest BCUT2D eigenvalue weighted by Gasteiger charge is 2.25. The third kappa shape index (κ3) is 5.69. The summed E-state index contributed by atoms with van der Waals surface area (Å²) in [4.78, 5) is 4.17. The molecule has 1 aliphatic heterocycles. The minimum atomic E-state index is -0.708.